The standard InChI is InChI=1S/C56H50N2/c1-40-19-27-47(28-20-40)57(49-31-23-44(24-32-49)42-13-8-6-9-14-42)51-18-12-17-46(37-51)56(5)39-55(3,4)54-38-52(35-36-53(54)56)58(48-29-21-41(2)22-30-48)50-33-25-45(26-34-50)43-15-10-7-11-16-43/h6-38H,39H2,1-5H3. The lowest BCUT2D eigenvalue weighted by atomic mass is 9.75. The van der Waals surface area contributed by atoms with Crippen molar-refractivity contribution < 1.29 is 0 Å². The molecule has 0 amide bonds. The number of hydrogen-bond donors (Lipinski definition) is 0. The predicted molar refractivity (Wildman–Crippen MR) is 247 cm³/mol. The largest absolute Gasteiger partial charge is 0.310 e. The smallest absolute Gasteiger partial charge is 0.0464 e. The molecule has 8 aromatic carbocycles. The van der Waals surface area contributed by atoms with Crippen LogP contribution in [0.5, 0.6) is 0 Å². The Kier molecular flexibility index (Phi) is 9.58. The van der Waals surface area contributed by atoms with Gasteiger partial charge in [0.05, 0.1) is 0 Å². The van der Waals surface area contributed by atoms with Crippen molar-refractivity contribution in [3.05, 3.63) is 228 Å². The molecule has 0 N–H and O–H groups in total. The average Bonchev–Trinajstić information content (AvgIpc) is 3.48. The van der Waals surface area contributed by atoms with E-state index >= 15 is 0 Å². The Bertz CT molecular complexity index is 2660. The van der Waals surface area contributed by atoms with Crippen molar-refractivity contribution in [2.24, 2.45) is 0 Å². The minimum Gasteiger partial charge on any atom is -0.310 e. The van der Waals surface area contributed by atoms with Crippen LogP contribution in [0.4, 0.5) is 34.1 Å². The third-order valence-corrected chi connectivity index (χ3v) is 12.2. The number of benzene rings is 8. The lowest BCUT2D eigenvalue weighted by Crippen LogP contribution is -2.24. The number of aryl methyl sites for hydroxylation is 2. The van der Waals surface area contributed by atoms with Crippen molar-refractivity contribution in [3.8, 4) is 22.3 Å². The zero-order valence-electron chi connectivity index (χ0n) is 34.2. The summed E-state index contributed by atoms with van der Waals surface area (Å²) in [4.78, 5) is 4.80. The molecule has 8 aromatic rings. The first-order valence-electron chi connectivity index (χ1n) is 20.5. The first-order valence-corrected chi connectivity index (χ1v) is 20.5. The minimum absolute atomic E-state index is 0.0455. The van der Waals surface area contributed by atoms with Gasteiger partial charge < -0.3 is 9.80 Å². The average molecular weight is 751 g/mol. The molecule has 2 nitrogen and oxygen atoms in total. The molecule has 0 radical (unpaired) electrons. The molecule has 0 heterocycles. The van der Waals surface area contributed by atoms with Gasteiger partial charge in [0.1, 0.15) is 0 Å². The normalized spacial score (nSPS) is 15.5. The molecule has 1 aliphatic carbocycles. The van der Waals surface area contributed by atoms with Crippen molar-refractivity contribution in [1.29, 1.82) is 0 Å². The third kappa shape index (κ3) is 7.01. The number of hydrogen-bond acceptors (Lipinski definition) is 2. The van der Waals surface area contributed by atoms with Gasteiger partial charge in [0.15, 0.2) is 0 Å². The molecular formula is C56H50N2. The molecule has 0 aliphatic heterocycles. The lowest BCUT2D eigenvalue weighted by molar-refractivity contribution is 0.425. The Labute approximate surface area is 344 Å². The molecule has 1 aliphatic rings. The topological polar surface area (TPSA) is 6.48 Å². The highest BCUT2D eigenvalue weighted by Crippen LogP contribution is 2.55. The third-order valence-electron chi connectivity index (χ3n) is 12.2. The van der Waals surface area contributed by atoms with Gasteiger partial charge in [0.2, 0.25) is 0 Å². The Balaban J connectivity index is 1.10. The summed E-state index contributed by atoms with van der Waals surface area (Å²) in [6, 6.07) is 73.4. The highest BCUT2D eigenvalue weighted by Gasteiger charge is 2.46. The van der Waals surface area contributed by atoms with Crippen LogP contribution in [-0.4, -0.2) is 0 Å². The molecule has 284 valence electrons. The molecule has 0 spiro atoms. The van der Waals surface area contributed by atoms with Crippen LogP contribution < -0.4 is 9.80 Å². The summed E-state index contributed by atoms with van der Waals surface area (Å²) < 4.78 is 0. The van der Waals surface area contributed by atoms with Crippen LogP contribution in [0.2, 0.25) is 0 Å². The van der Waals surface area contributed by atoms with Crippen molar-refractivity contribution in [2.75, 3.05) is 9.80 Å². The molecule has 0 aromatic heterocycles. The van der Waals surface area contributed by atoms with Crippen LogP contribution >= 0.6 is 0 Å². The fourth-order valence-electron chi connectivity index (χ4n) is 9.18. The summed E-state index contributed by atoms with van der Waals surface area (Å²) in [7, 11) is 0. The minimum atomic E-state index is -0.185. The van der Waals surface area contributed by atoms with Gasteiger partial charge in [-0.3, -0.25) is 0 Å². The van der Waals surface area contributed by atoms with Crippen molar-refractivity contribution in [1.82, 2.24) is 0 Å². The van der Waals surface area contributed by atoms with E-state index in [2.05, 4.69) is 245 Å². The number of rotatable bonds is 9. The van der Waals surface area contributed by atoms with Gasteiger partial charge in [0.25, 0.3) is 0 Å². The van der Waals surface area contributed by atoms with Crippen LogP contribution in [0.25, 0.3) is 22.3 Å². The van der Waals surface area contributed by atoms with E-state index in [-0.39, 0.29) is 10.8 Å². The molecule has 58 heavy (non-hydrogen) atoms. The Morgan fingerprint density at radius 1 is 0.345 bits per heavy atom. The quantitative estimate of drug-likeness (QED) is 0.145. The monoisotopic (exact) mass is 750 g/mol. The first-order chi connectivity index (χ1) is 28.2. The molecule has 2 heteroatoms. The second kappa shape index (κ2) is 15.0. The van der Waals surface area contributed by atoms with E-state index in [0.717, 1.165) is 34.9 Å². The summed E-state index contributed by atoms with van der Waals surface area (Å²) in [6.45, 7) is 11.6. The van der Waals surface area contributed by atoms with E-state index in [1.54, 1.807) is 0 Å². The number of anilines is 6. The predicted octanol–water partition coefficient (Wildman–Crippen LogP) is 15.6. The Morgan fingerprint density at radius 2 is 0.741 bits per heavy atom. The van der Waals surface area contributed by atoms with E-state index < -0.39 is 0 Å². The molecule has 0 saturated heterocycles. The maximum atomic E-state index is 2.46. The maximum Gasteiger partial charge on any atom is 0.0464 e. The van der Waals surface area contributed by atoms with Gasteiger partial charge in [-0.1, -0.05) is 159 Å². The van der Waals surface area contributed by atoms with Crippen LogP contribution in [-0.2, 0) is 10.8 Å². The lowest BCUT2D eigenvalue weighted by Gasteiger charge is -2.31. The fraction of sp³-hybridized carbons (Fsp3) is 0.143. The second-order valence-electron chi connectivity index (χ2n) is 16.8. The highest BCUT2D eigenvalue weighted by atomic mass is 15.1. The summed E-state index contributed by atoms with van der Waals surface area (Å²) in [5, 5.41) is 0. The molecule has 0 bridgehead atoms. The number of nitrogens with zero attached hydrogens (tertiary/aromatic N) is 2. The van der Waals surface area contributed by atoms with Crippen LogP contribution in [0, 0.1) is 13.8 Å². The van der Waals surface area contributed by atoms with E-state index in [9.17, 15) is 0 Å². The van der Waals surface area contributed by atoms with Crippen molar-refractivity contribution >= 4 is 34.1 Å². The van der Waals surface area contributed by atoms with Crippen molar-refractivity contribution in [2.45, 2.75) is 51.9 Å². The fourth-order valence-corrected chi connectivity index (χ4v) is 9.18. The first kappa shape index (κ1) is 37.0. The maximum absolute atomic E-state index is 2.46. The summed E-state index contributed by atoms with van der Waals surface area (Å²) >= 11 is 0. The molecule has 9 rings (SSSR count). The molecule has 1 unspecified atom stereocenters. The van der Waals surface area contributed by atoms with E-state index in [1.807, 2.05) is 0 Å². The van der Waals surface area contributed by atoms with Crippen LogP contribution in [0.3, 0.4) is 0 Å². The zero-order chi connectivity index (χ0) is 39.9. The SMILES string of the molecule is Cc1ccc(N(c2ccc(-c3ccccc3)cc2)c2cccc(C3(C)CC(C)(C)c4cc(N(c5ccc(C)cc5)c5ccc(-c6ccccc6)cc5)ccc43)c2)cc1. The summed E-state index contributed by atoms with van der Waals surface area (Å²) in [5.41, 5.74) is 18.2. The molecule has 0 saturated carbocycles. The van der Waals surface area contributed by atoms with Crippen LogP contribution in [0.15, 0.2) is 200 Å². The number of fused-ring (bicyclic) bond motifs is 1. The van der Waals surface area contributed by atoms with Crippen molar-refractivity contribution in [3.63, 3.8) is 0 Å². The van der Waals surface area contributed by atoms with Gasteiger partial charge in [-0.25, -0.2) is 0 Å². The van der Waals surface area contributed by atoms with Gasteiger partial charge in [-0.05, 0) is 137 Å². The van der Waals surface area contributed by atoms with E-state index in [4.69, 9.17) is 0 Å². The molecule has 1 atom stereocenters. The van der Waals surface area contributed by atoms with E-state index in [0.29, 0.717) is 0 Å². The van der Waals surface area contributed by atoms with E-state index in [1.165, 1.54) is 55.8 Å². The summed E-state index contributed by atoms with van der Waals surface area (Å²) in [6.07, 6.45) is 1.01. The zero-order valence-corrected chi connectivity index (χ0v) is 34.2. The van der Waals surface area contributed by atoms with Gasteiger partial charge >= 0.3 is 0 Å². The Morgan fingerprint density at radius 3 is 1.21 bits per heavy atom. The van der Waals surface area contributed by atoms with Gasteiger partial charge in [-0.15, -0.1) is 0 Å². The van der Waals surface area contributed by atoms with Crippen LogP contribution in [0.1, 0.15) is 55.0 Å². The van der Waals surface area contributed by atoms with Gasteiger partial charge in [-0.2, -0.15) is 0 Å². The Hall–Kier alpha value is -6.64. The molecular weight excluding hydrogens is 701 g/mol. The summed E-state index contributed by atoms with van der Waals surface area (Å²) in [5.74, 6) is 0. The molecule has 0 fully saturated rings. The second-order valence-corrected chi connectivity index (χ2v) is 16.8. The van der Waals surface area contributed by atoms with Gasteiger partial charge in [0, 0.05) is 39.5 Å². The highest BCUT2D eigenvalue weighted by molar-refractivity contribution is 5.81.